The zero-order chi connectivity index (χ0) is 12.3. The Labute approximate surface area is 117 Å². The summed E-state index contributed by atoms with van der Waals surface area (Å²) >= 11 is 6.50. The van der Waals surface area contributed by atoms with Gasteiger partial charge in [-0.1, -0.05) is 6.92 Å². The fourth-order valence-electron chi connectivity index (χ4n) is 1.52. The predicted octanol–water partition coefficient (Wildman–Crippen LogP) is 4.06. The van der Waals surface area contributed by atoms with Crippen molar-refractivity contribution in [2.24, 2.45) is 0 Å². The van der Waals surface area contributed by atoms with Gasteiger partial charge in [-0.3, -0.25) is 4.79 Å². The lowest BCUT2D eigenvalue weighted by molar-refractivity contribution is 0.0955. The van der Waals surface area contributed by atoms with Gasteiger partial charge >= 0.3 is 0 Å². The Morgan fingerprint density at radius 2 is 2.24 bits per heavy atom. The Kier molecular flexibility index (Phi) is 4.36. The van der Waals surface area contributed by atoms with Crippen molar-refractivity contribution in [3.8, 4) is 0 Å². The first-order valence-corrected chi connectivity index (χ1v) is 7.78. The smallest absolute Gasteiger partial charge is 0.261 e. The molecule has 0 spiro atoms. The average Bonchev–Trinajstić information content (AvgIpc) is 2.94. The Hall–Kier alpha value is -0.650. The summed E-state index contributed by atoms with van der Waals surface area (Å²) in [5.41, 5.74) is 1.32. The van der Waals surface area contributed by atoms with Gasteiger partial charge in [0, 0.05) is 4.88 Å². The van der Waals surface area contributed by atoms with Crippen molar-refractivity contribution in [1.82, 2.24) is 5.32 Å². The van der Waals surface area contributed by atoms with Crippen LogP contribution in [0.3, 0.4) is 0 Å². The molecule has 0 aliphatic heterocycles. The van der Waals surface area contributed by atoms with E-state index in [-0.39, 0.29) is 5.91 Å². The zero-order valence-electron chi connectivity index (χ0n) is 9.33. The van der Waals surface area contributed by atoms with Crippen molar-refractivity contribution < 1.29 is 4.79 Å². The molecule has 1 amide bonds. The van der Waals surface area contributed by atoms with E-state index in [9.17, 15) is 4.79 Å². The average molecular weight is 330 g/mol. The minimum absolute atomic E-state index is 0.00356. The fraction of sp³-hybridized carbons (Fsp3) is 0.250. The standard InChI is InChI=1S/C12H12BrNOS2/c1-2-8-5-6-16-10(8)7-14-12(15)9-3-4-11(13)17-9/h3-6H,2,7H2,1H3,(H,14,15). The van der Waals surface area contributed by atoms with Gasteiger partial charge in [0.15, 0.2) is 0 Å². The number of halogens is 1. The van der Waals surface area contributed by atoms with Crippen LogP contribution in [0.2, 0.25) is 0 Å². The number of aryl methyl sites for hydroxylation is 1. The number of carbonyl (C=O) groups is 1. The number of thiophene rings is 2. The van der Waals surface area contributed by atoms with Crippen LogP contribution in [0.15, 0.2) is 27.4 Å². The Bertz CT molecular complexity index is 518. The largest absolute Gasteiger partial charge is 0.346 e. The van der Waals surface area contributed by atoms with Gasteiger partial charge < -0.3 is 5.32 Å². The molecule has 0 saturated carbocycles. The molecule has 2 nitrogen and oxygen atoms in total. The van der Waals surface area contributed by atoms with E-state index in [4.69, 9.17) is 0 Å². The van der Waals surface area contributed by atoms with Crippen molar-refractivity contribution in [1.29, 1.82) is 0 Å². The molecule has 0 bridgehead atoms. The van der Waals surface area contributed by atoms with Gasteiger partial charge in [0.05, 0.1) is 15.2 Å². The number of rotatable bonds is 4. The van der Waals surface area contributed by atoms with Crippen LogP contribution in [-0.2, 0) is 13.0 Å². The van der Waals surface area contributed by atoms with E-state index in [0.717, 1.165) is 15.1 Å². The minimum atomic E-state index is -0.00356. The monoisotopic (exact) mass is 329 g/mol. The highest BCUT2D eigenvalue weighted by Gasteiger charge is 2.09. The van der Waals surface area contributed by atoms with Crippen LogP contribution in [0, 0.1) is 0 Å². The molecule has 0 radical (unpaired) electrons. The van der Waals surface area contributed by atoms with Crippen molar-refractivity contribution in [2.75, 3.05) is 0 Å². The molecular weight excluding hydrogens is 318 g/mol. The highest BCUT2D eigenvalue weighted by molar-refractivity contribution is 9.11. The molecule has 2 aromatic heterocycles. The molecule has 0 fully saturated rings. The number of hydrogen-bond donors (Lipinski definition) is 1. The third-order valence-electron chi connectivity index (χ3n) is 2.43. The second-order valence-electron chi connectivity index (χ2n) is 3.51. The first-order chi connectivity index (χ1) is 8.20. The second kappa shape index (κ2) is 5.80. The van der Waals surface area contributed by atoms with Crippen molar-refractivity contribution >= 4 is 44.5 Å². The Morgan fingerprint density at radius 3 is 2.88 bits per heavy atom. The summed E-state index contributed by atoms with van der Waals surface area (Å²) in [7, 11) is 0. The Balaban J connectivity index is 1.97. The maximum atomic E-state index is 11.8. The molecule has 0 aliphatic carbocycles. The summed E-state index contributed by atoms with van der Waals surface area (Å²) in [5.74, 6) is -0.00356. The van der Waals surface area contributed by atoms with Gasteiger partial charge in [0.2, 0.25) is 0 Å². The molecule has 0 aromatic carbocycles. The van der Waals surface area contributed by atoms with E-state index in [1.807, 2.05) is 12.1 Å². The fourth-order valence-corrected chi connectivity index (χ4v) is 3.74. The predicted molar refractivity (Wildman–Crippen MR) is 76.9 cm³/mol. The molecule has 0 atom stereocenters. The van der Waals surface area contributed by atoms with Gasteiger partial charge in [-0.2, -0.15) is 0 Å². The minimum Gasteiger partial charge on any atom is -0.346 e. The van der Waals surface area contributed by atoms with E-state index >= 15 is 0 Å². The quantitative estimate of drug-likeness (QED) is 0.900. The molecule has 0 aliphatic rings. The van der Waals surface area contributed by atoms with Crippen molar-refractivity contribution in [3.63, 3.8) is 0 Å². The molecule has 1 N–H and O–H groups in total. The summed E-state index contributed by atoms with van der Waals surface area (Å²) in [5, 5.41) is 5.02. The molecule has 2 rings (SSSR count). The van der Waals surface area contributed by atoms with Crippen LogP contribution in [-0.4, -0.2) is 5.91 Å². The number of carbonyl (C=O) groups excluding carboxylic acids is 1. The van der Waals surface area contributed by atoms with Crippen LogP contribution >= 0.6 is 38.6 Å². The van der Waals surface area contributed by atoms with Gasteiger partial charge in [-0.05, 0) is 51.5 Å². The third-order valence-corrected chi connectivity index (χ3v) is 5.01. The van der Waals surface area contributed by atoms with Crippen molar-refractivity contribution in [2.45, 2.75) is 19.9 Å². The highest BCUT2D eigenvalue weighted by atomic mass is 79.9. The van der Waals surface area contributed by atoms with Crippen LogP contribution < -0.4 is 5.32 Å². The van der Waals surface area contributed by atoms with E-state index in [0.29, 0.717) is 6.54 Å². The van der Waals surface area contributed by atoms with Gasteiger partial charge in [-0.15, -0.1) is 22.7 Å². The summed E-state index contributed by atoms with van der Waals surface area (Å²) < 4.78 is 0.980. The SMILES string of the molecule is CCc1ccsc1CNC(=O)c1ccc(Br)s1. The highest BCUT2D eigenvalue weighted by Crippen LogP contribution is 2.22. The summed E-state index contributed by atoms with van der Waals surface area (Å²) in [6, 6.07) is 5.84. The first kappa shape index (κ1) is 12.8. The number of nitrogens with one attached hydrogen (secondary N) is 1. The number of amides is 1. The summed E-state index contributed by atoms with van der Waals surface area (Å²) in [6.07, 6.45) is 1.01. The van der Waals surface area contributed by atoms with Crippen LogP contribution in [0.1, 0.15) is 27.0 Å². The number of hydrogen-bond acceptors (Lipinski definition) is 3. The molecule has 2 heterocycles. The first-order valence-electron chi connectivity index (χ1n) is 5.29. The summed E-state index contributed by atoms with van der Waals surface area (Å²) in [4.78, 5) is 13.8. The van der Waals surface area contributed by atoms with E-state index in [1.165, 1.54) is 21.8 Å². The molecule has 2 aromatic rings. The zero-order valence-corrected chi connectivity index (χ0v) is 12.5. The molecule has 5 heteroatoms. The lowest BCUT2D eigenvalue weighted by Crippen LogP contribution is -2.21. The molecule has 0 unspecified atom stereocenters. The maximum absolute atomic E-state index is 11.8. The van der Waals surface area contributed by atoms with Crippen LogP contribution in [0.4, 0.5) is 0 Å². The molecule has 17 heavy (non-hydrogen) atoms. The van der Waals surface area contributed by atoms with Crippen LogP contribution in [0.5, 0.6) is 0 Å². The summed E-state index contributed by atoms with van der Waals surface area (Å²) in [6.45, 7) is 2.75. The normalized spacial score (nSPS) is 10.5. The maximum Gasteiger partial charge on any atom is 0.261 e. The van der Waals surface area contributed by atoms with Crippen LogP contribution in [0.25, 0.3) is 0 Å². The van der Waals surface area contributed by atoms with E-state index in [1.54, 1.807) is 11.3 Å². The molecule has 90 valence electrons. The molecule has 0 saturated heterocycles. The third kappa shape index (κ3) is 3.18. The Morgan fingerprint density at radius 1 is 1.41 bits per heavy atom. The van der Waals surface area contributed by atoms with Gasteiger partial charge in [0.1, 0.15) is 0 Å². The van der Waals surface area contributed by atoms with Crippen molar-refractivity contribution in [3.05, 3.63) is 42.7 Å². The van der Waals surface area contributed by atoms with Gasteiger partial charge in [0.25, 0.3) is 5.91 Å². The lowest BCUT2D eigenvalue weighted by atomic mass is 10.2. The second-order valence-corrected chi connectivity index (χ2v) is 6.97. The topological polar surface area (TPSA) is 29.1 Å². The van der Waals surface area contributed by atoms with E-state index < -0.39 is 0 Å². The van der Waals surface area contributed by atoms with Gasteiger partial charge in [-0.25, -0.2) is 0 Å². The van der Waals surface area contributed by atoms with E-state index in [2.05, 4.69) is 39.6 Å². The lowest BCUT2D eigenvalue weighted by Gasteiger charge is -2.03. The molecular formula is C12H12BrNOS2.